The number of hydrogen-bond acceptors (Lipinski definition) is 7. The van der Waals surface area contributed by atoms with Crippen LogP contribution in [0, 0.1) is 6.92 Å². The van der Waals surface area contributed by atoms with Gasteiger partial charge >= 0.3 is 5.69 Å². The minimum absolute atomic E-state index is 0.0419. The lowest BCUT2D eigenvalue weighted by molar-refractivity contribution is 0.0782. The van der Waals surface area contributed by atoms with Gasteiger partial charge in [0, 0.05) is 37.6 Å². The highest BCUT2D eigenvalue weighted by Gasteiger charge is 2.23. The molecule has 3 aromatic carbocycles. The number of hydrogen-bond donors (Lipinski definition) is 3. The van der Waals surface area contributed by atoms with E-state index in [0.29, 0.717) is 5.69 Å². The molecule has 0 atom stereocenters. The van der Waals surface area contributed by atoms with E-state index >= 15 is 0 Å². The second-order valence-electron chi connectivity index (χ2n) is 8.85. The lowest BCUT2D eigenvalue weighted by Gasteiger charge is -2.19. The number of rotatable bonds is 6. The molecule has 5 rings (SSSR count). The average molecular weight is 509 g/mol. The van der Waals surface area contributed by atoms with Crippen LogP contribution >= 0.6 is 0 Å². The molecule has 1 amide bonds. The van der Waals surface area contributed by atoms with Crippen molar-refractivity contribution < 1.29 is 15.0 Å². The fraction of sp³-hybridized carbons (Fsp3) is 0.107. The second-order valence-corrected chi connectivity index (χ2v) is 8.85. The number of phenolic OH excluding ortho intramolecular Hbond substituents is 2. The Hall–Kier alpha value is -5.25. The van der Waals surface area contributed by atoms with Crippen LogP contribution in [0.5, 0.6) is 11.5 Å². The van der Waals surface area contributed by atoms with E-state index in [-0.39, 0.29) is 29.2 Å². The summed E-state index contributed by atoms with van der Waals surface area (Å²) < 4.78 is 1.32. The highest BCUT2D eigenvalue weighted by Crippen LogP contribution is 2.35. The average Bonchev–Trinajstić information content (AvgIpc) is 3.30. The number of amides is 1. The van der Waals surface area contributed by atoms with E-state index in [0.717, 1.165) is 28.3 Å². The number of aryl methyl sites for hydroxylation is 1. The highest BCUT2D eigenvalue weighted by molar-refractivity contribution is 5.98. The van der Waals surface area contributed by atoms with Crippen molar-refractivity contribution >= 4 is 5.91 Å². The Balaban J connectivity index is 1.48. The van der Waals surface area contributed by atoms with E-state index in [9.17, 15) is 19.8 Å². The molecule has 0 unspecified atom stereocenters. The summed E-state index contributed by atoms with van der Waals surface area (Å²) in [4.78, 5) is 35.6. The molecule has 0 aliphatic heterocycles. The van der Waals surface area contributed by atoms with E-state index < -0.39 is 17.3 Å². The molecule has 10 heteroatoms. The number of aromatic hydroxyl groups is 2. The summed E-state index contributed by atoms with van der Waals surface area (Å²) in [5.41, 5.74) is 3.58. The van der Waals surface area contributed by atoms with Crippen molar-refractivity contribution in [3.05, 3.63) is 107 Å². The summed E-state index contributed by atoms with van der Waals surface area (Å²) in [5, 5.41) is 27.7. The Labute approximate surface area is 217 Å². The van der Waals surface area contributed by atoms with Crippen molar-refractivity contribution in [2.24, 2.45) is 0 Å². The SMILES string of the molecule is Cc1ccccc1-n1c(-c2cc(C(=O)N(C)Cc3cccc(-c4cncnc4)c3)c(O)cc2O)n[nH]c1=O. The fourth-order valence-corrected chi connectivity index (χ4v) is 4.29. The van der Waals surface area contributed by atoms with E-state index in [2.05, 4.69) is 20.2 Å². The van der Waals surface area contributed by atoms with Gasteiger partial charge in [0.25, 0.3) is 5.91 Å². The minimum Gasteiger partial charge on any atom is -0.507 e. The van der Waals surface area contributed by atoms with Gasteiger partial charge in [0.2, 0.25) is 0 Å². The summed E-state index contributed by atoms with van der Waals surface area (Å²) in [6.07, 6.45) is 4.88. The molecule has 2 heterocycles. The van der Waals surface area contributed by atoms with Gasteiger partial charge in [-0.25, -0.2) is 24.4 Å². The lowest BCUT2D eigenvalue weighted by atomic mass is 10.0. The summed E-state index contributed by atoms with van der Waals surface area (Å²) >= 11 is 0. The van der Waals surface area contributed by atoms with Crippen molar-refractivity contribution in [1.29, 1.82) is 0 Å². The van der Waals surface area contributed by atoms with Gasteiger partial charge in [-0.1, -0.05) is 36.4 Å². The van der Waals surface area contributed by atoms with Gasteiger partial charge in [0.1, 0.15) is 17.8 Å². The summed E-state index contributed by atoms with van der Waals surface area (Å²) in [6, 6.07) is 17.3. The predicted octanol–water partition coefficient (Wildman–Crippen LogP) is 3.68. The Kier molecular flexibility index (Phi) is 6.44. The standard InChI is InChI=1S/C28H24N6O4/c1-17-6-3-4-9-23(17)34-26(31-32-28(34)38)21-11-22(25(36)12-24(21)35)27(37)33(2)15-18-7-5-8-19(10-18)20-13-29-16-30-14-20/h3-14,16,35-36H,15H2,1-2H3,(H,32,38). The second kappa shape index (κ2) is 10.0. The zero-order valence-electron chi connectivity index (χ0n) is 20.7. The third-order valence-corrected chi connectivity index (χ3v) is 6.20. The first-order valence-corrected chi connectivity index (χ1v) is 11.7. The third-order valence-electron chi connectivity index (χ3n) is 6.20. The Morgan fingerprint density at radius 3 is 2.50 bits per heavy atom. The Morgan fingerprint density at radius 1 is 0.974 bits per heavy atom. The van der Waals surface area contributed by atoms with Gasteiger partial charge in [0.15, 0.2) is 5.82 Å². The van der Waals surface area contributed by atoms with Gasteiger partial charge in [-0.15, -0.1) is 0 Å². The van der Waals surface area contributed by atoms with Gasteiger partial charge in [-0.3, -0.25) is 4.79 Å². The number of nitrogens with zero attached hydrogens (tertiary/aromatic N) is 5. The molecular formula is C28H24N6O4. The van der Waals surface area contributed by atoms with Crippen LogP contribution in [0.3, 0.4) is 0 Å². The maximum absolute atomic E-state index is 13.4. The highest BCUT2D eigenvalue weighted by atomic mass is 16.3. The Bertz CT molecular complexity index is 1690. The predicted molar refractivity (Wildman–Crippen MR) is 141 cm³/mol. The quantitative estimate of drug-likeness (QED) is 0.318. The molecule has 0 saturated carbocycles. The van der Waals surface area contributed by atoms with Gasteiger partial charge in [-0.05, 0) is 41.8 Å². The first-order valence-electron chi connectivity index (χ1n) is 11.7. The lowest BCUT2D eigenvalue weighted by Crippen LogP contribution is -2.26. The van der Waals surface area contributed by atoms with Crippen LogP contribution in [0.25, 0.3) is 28.2 Å². The third kappa shape index (κ3) is 4.62. The molecule has 0 spiro atoms. The number of carbonyl (C=O) groups is 1. The van der Waals surface area contributed by atoms with Crippen LogP contribution in [0.2, 0.25) is 0 Å². The molecular weight excluding hydrogens is 484 g/mol. The van der Waals surface area contributed by atoms with E-state index in [1.165, 1.54) is 21.9 Å². The maximum atomic E-state index is 13.4. The number of aromatic nitrogens is 5. The molecule has 0 aliphatic carbocycles. The number of H-pyrrole nitrogens is 1. The van der Waals surface area contributed by atoms with Gasteiger partial charge in [-0.2, -0.15) is 5.10 Å². The number of carbonyl (C=O) groups excluding carboxylic acids is 1. The smallest absolute Gasteiger partial charge is 0.348 e. The molecule has 0 bridgehead atoms. The number of nitrogens with one attached hydrogen (secondary N) is 1. The van der Waals surface area contributed by atoms with E-state index in [1.54, 1.807) is 31.6 Å². The number of phenols is 2. The molecule has 0 aliphatic rings. The van der Waals surface area contributed by atoms with Crippen LogP contribution in [-0.4, -0.2) is 52.8 Å². The number of para-hydroxylation sites is 1. The first-order chi connectivity index (χ1) is 18.3. The van der Waals surface area contributed by atoms with E-state index in [4.69, 9.17) is 0 Å². The maximum Gasteiger partial charge on any atom is 0.348 e. The summed E-state index contributed by atoms with van der Waals surface area (Å²) in [6.45, 7) is 2.10. The van der Waals surface area contributed by atoms with E-state index in [1.807, 2.05) is 43.3 Å². The number of aromatic amines is 1. The fourth-order valence-electron chi connectivity index (χ4n) is 4.29. The molecule has 3 N–H and O–H groups in total. The first kappa shape index (κ1) is 24.4. The summed E-state index contributed by atoms with van der Waals surface area (Å²) in [7, 11) is 1.62. The van der Waals surface area contributed by atoms with Crippen molar-refractivity contribution in [1.82, 2.24) is 29.6 Å². The van der Waals surface area contributed by atoms with Crippen LogP contribution in [0.4, 0.5) is 0 Å². The molecule has 2 aromatic heterocycles. The molecule has 0 fully saturated rings. The molecule has 38 heavy (non-hydrogen) atoms. The van der Waals surface area contributed by atoms with Crippen LogP contribution in [0.1, 0.15) is 21.5 Å². The van der Waals surface area contributed by atoms with Crippen LogP contribution in [-0.2, 0) is 6.54 Å². The van der Waals surface area contributed by atoms with Crippen molar-refractivity contribution in [2.45, 2.75) is 13.5 Å². The molecule has 5 aromatic rings. The van der Waals surface area contributed by atoms with Crippen LogP contribution in [0.15, 0.2) is 84.2 Å². The topological polar surface area (TPSA) is 137 Å². The largest absolute Gasteiger partial charge is 0.507 e. The monoisotopic (exact) mass is 508 g/mol. The zero-order chi connectivity index (χ0) is 26.8. The molecule has 190 valence electrons. The van der Waals surface area contributed by atoms with Crippen molar-refractivity contribution in [3.63, 3.8) is 0 Å². The molecule has 0 radical (unpaired) electrons. The summed E-state index contributed by atoms with van der Waals surface area (Å²) in [5.74, 6) is -1.08. The van der Waals surface area contributed by atoms with Gasteiger partial charge in [0.05, 0.1) is 16.8 Å². The zero-order valence-corrected chi connectivity index (χ0v) is 20.7. The molecule has 10 nitrogen and oxygen atoms in total. The minimum atomic E-state index is -0.504. The number of benzene rings is 3. The van der Waals surface area contributed by atoms with Crippen molar-refractivity contribution in [2.75, 3.05) is 7.05 Å². The van der Waals surface area contributed by atoms with Gasteiger partial charge < -0.3 is 15.1 Å². The van der Waals surface area contributed by atoms with Crippen molar-refractivity contribution in [3.8, 4) is 39.7 Å². The Morgan fingerprint density at radius 2 is 1.74 bits per heavy atom. The normalized spacial score (nSPS) is 10.9. The molecule has 0 saturated heterocycles. The van der Waals surface area contributed by atoms with Crippen LogP contribution < -0.4 is 5.69 Å².